The monoisotopic (exact) mass is 332 g/mol. The highest BCUT2D eigenvalue weighted by atomic mass is 16.6. The van der Waals surface area contributed by atoms with E-state index in [2.05, 4.69) is 10.3 Å². The van der Waals surface area contributed by atoms with Crippen LogP contribution in [0.15, 0.2) is 18.2 Å². The van der Waals surface area contributed by atoms with Crippen LogP contribution in [0.25, 0.3) is 11.0 Å². The maximum Gasteiger partial charge on any atom is 0.410 e. The molecule has 1 aromatic carbocycles. The number of likely N-dealkylation sites (tertiary alicyclic amines) is 1. The molecule has 1 amide bonds. The van der Waals surface area contributed by atoms with Crippen LogP contribution in [0.4, 0.5) is 4.79 Å². The third-order valence-corrected chi connectivity index (χ3v) is 4.10. The highest BCUT2D eigenvalue weighted by molar-refractivity contribution is 5.75. The first-order valence-electron chi connectivity index (χ1n) is 8.32. The van der Waals surface area contributed by atoms with Gasteiger partial charge >= 0.3 is 6.09 Å². The summed E-state index contributed by atoms with van der Waals surface area (Å²) in [5, 5.41) is 18.0. The molecule has 1 saturated heterocycles. The summed E-state index contributed by atoms with van der Waals surface area (Å²) in [6, 6.07) is 5.03. The van der Waals surface area contributed by atoms with Gasteiger partial charge in [-0.1, -0.05) is 5.21 Å². The Balaban J connectivity index is 1.68. The molecule has 1 unspecified atom stereocenters. The lowest BCUT2D eigenvalue weighted by Crippen LogP contribution is -2.43. The predicted molar refractivity (Wildman–Crippen MR) is 89.7 cm³/mol. The third kappa shape index (κ3) is 3.77. The summed E-state index contributed by atoms with van der Waals surface area (Å²) >= 11 is 0. The molecule has 1 aromatic heterocycles. The van der Waals surface area contributed by atoms with Gasteiger partial charge in [-0.15, -0.1) is 5.10 Å². The van der Waals surface area contributed by atoms with Gasteiger partial charge in [-0.05, 0) is 51.7 Å². The van der Waals surface area contributed by atoms with Gasteiger partial charge in [0.1, 0.15) is 16.9 Å². The zero-order chi connectivity index (χ0) is 17.3. The summed E-state index contributed by atoms with van der Waals surface area (Å²) in [6.45, 7) is 7.67. The SMILES string of the molecule is CC(C)(C)OC(=O)N1CCCC(Cn2nnc3ccc(O)cc32)C1. The summed E-state index contributed by atoms with van der Waals surface area (Å²) in [5.41, 5.74) is 1.08. The van der Waals surface area contributed by atoms with Gasteiger partial charge in [-0.2, -0.15) is 0 Å². The Kier molecular flexibility index (Phi) is 4.34. The largest absolute Gasteiger partial charge is 0.508 e. The van der Waals surface area contributed by atoms with E-state index in [1.165, 1.54) is 0 Å². The second kappa shape index (κ2) is 6.30. The minimum atomic E-state index is -0.482. The summed E-state index contributed by atoms with van der Waals surface area (Å²) < 4.78 is 7.27. The van der Waals surface area contributed by atoms with E-state index in [1.54, 1.807) is 27.8 Å². The first kappa shape index (κ1) is 16.5. The van der Waals surface area contributed by atoms with Gasteiger partial charge in [-0.3, -0.25) is 0 Å². The molecule has 7 heteroatoms. The highest BCUT2D eigenvalue weighted by Crippen LogP contribution is 2.23. The van der Waals surface area contributed by atoms with E-state index in [0.717, 1.165) is 30.4 Å². The van der Waals surface area contributed by atoms with Crippen molar-refractivity contribution in [3.8, 4) is 5.75 Å². The summed E-state index contributed by atoms with van der Waals surface area (Å²) in [7, 11) is 0. The molecule has 1 aliphatic heterocycles. The van der Waals surface area contributed by atoms with Gasteiger partial charge in [0.2, 0.25) is 0 Å². The average molecular weight is 332 g/mol. The van der Waals surface area contributed by atoms with Crippen LogP contribution in [0.1, 0.15) is 33.6 Å². The lowest BCUT2D eigenvalue weighted by molar-refractivity contribution is 0.0156. The van der Waals surface area contributed by atoms with Gasteiger partial charge in [-0.25, -0.2) is 9.48 Å². The second-order valence-electron chi connectivity index (χ2n) is 7.38. The van der Waals surface area contributed by atoms with Crippen LogP contribution in [0.5, 0.6) is 5.75 Å². The quantitative estimate of drug-likeness (QED) is 0.914. The van der Waals surface area contributed by atoms with Crippen molar-refractivity contribution in [3.05, 3.63) is 18.2 Å². The van der Waals surface area contributed by atoms with Crippen LogP contribution in [0.3, 0.4) is 0 Å². The first-order chi connectivity index (χ1) is 11.3. The first-order valence-corrected chi connectivity index (χ1v) is 8.32. The molecule has 0 spiro atoms. The number of hydrogen-bond donors (Lipinski definition) is 1. The molecule has 2 heterocycles. The molecular formula is C17H24N4O3. The second-order valence-corrected chi connectivity index (χ2v) is 7.38. The van der Waals surface area contributed by atoms with Crippen LogP contribution in [0.2, 0.25) is 0 Å². The number of phenolic OH excluding ortho intramolecular Hbond substituents is 1. The number of aromatic hydroxyl groups is 1. The molecule has 0 aliphatic carbocycles. The van der Waals surface area contributed by atoms with E-state index in [0.29, 0.717) is 19.0 Å². The van der Waals surface area contributed by atoms with Crippen molar-refractivity contribution in [2.24, 2.45) is 5.92 Å². The number of benzene rings is 1. The van der Waals surface area contributed by atoms with Crippen molar-refractivity contribution in [3.63, 3.8) is 0 Å². The van der Waals surface area contributed by atoms with E-state index in [-0.39, 0.29) is 11.8 Å². The Labute approximate surface area is 141 Å². The smallest absolute Gasteiger partial charge is 0.410 e. The molecule has 1 N–H and O–H groups in total. The molecular weight excluding hydrogens is 308 g/mol. The number of nitrogens with zero attached hydrogens (tertiary/aromatic N) is 4. The molecule has 2 aromatic rings. The van der Waals surface area contributed by atoms with E-state index in [9.17, 15) is 9.90 Å². The van der Waals surface area contributed by atoms with Crippen LogP contribution in [-0.4, -0.2) is 49.8 Å². The topological polar surface area (TPSA) is 80.5 Å². The number of phenols is 1. The Morgan fingerprint density at radius 3 is 2.96 bits per heavy atom. The lowest BCUT2D eigenvalue weighted by Gasteiger charge is -2.34. The maximum atomic E-state index is 12.3. The number of hydrogen-bond acceptors (Lipinski definition) is 5. The average Bonchev–Trinajstić information content (AvgIpc) is 2.88. The number of amides is 1. The summed E-state index contributed by atoms with van der Waals surface area (Å²) in [6.07, 6.45) is 1.72. The molecule has 0 radical (unpaired) electrons. The van der Waals surface area contributed by atoms with Gasteiger partial charge < -0.3 is 14.7 Å². The molecule has 0 saturated carbocycles. The maximum absolute atomic E-state index is 12.3. The summed E-state index contributed by atoms with van der Waals surface area (Å²) in [5.74, 6) is 0.489. The van der Waals surface area contributed by atoms with Crippen LogP contribution in [-0.2, 0) is 11.3 Å². The Bertz CT molecular complexity index is 735. The summed E-state index contributed by atoms with van der Waals surface area (Å²) in [4.78, 5) is 14.0. The Morgan fingerprint density at radius 2 is 2.21 bits per heavy atom. The van der Waals surface area contributed by atoms with Crippen molar-refractivity contribution in [1.82, 2.24) is 19.9 Å². The molecule has 0 bridgehead atoms. The number of piperidine rings is 1. The van der Waals surface area contributed by atoms with Crippen molar-refractivity contribution < 1.29 is 14.6 Å². The van der Waals surface area contributed by atoms with Crippen molar-refractivity contribution in [1.29, 1.82) is 0 Å². The normalized spacial score (nSPS) is 18.8. The number of rotatable bonds is 2. The van der Waals surface area contributed by atoms with Crippen molar-refractivity contribution >= 4 is 17.1 Å². The van der Waals surface area contributed by atoms with Gasteiger partial charge in [0.15, 0.2) is 0 Å². The number of ether oxygens (including phenoxy) is 1. The third-order valence-electron chi connectivity index (χ3n) is 4.10. The standard InChI is InChI=1S/C17H24N4O3/c1-17(2,3)24-16(23)20-8-4-5-12(10-20)11-21-15-9-13(22)6-7-14(15)18-19-21/h6-7,9,12,22H,4-5,8,10-11H2,1-3H3. The fourth-order valence-electron chi connectivity index (χ4n) is 3.04. The van der Waals surface area contributed by atoms with Crippen LogP contribution < -0.4 is 0 Å². The van der Waals surface area contributed by atoms with Crippen molar-refractivity contribution in [2.75, 3.05) is 13.1 Å². The zero-order valence-electron chi connectivity index (χ0n) is 14.4. The fraction of sp³-hybridized carbons (Fsp3) is 0.588. The van der Waals surface area contributed by atoms with E-state index < -0.39 is 5.60 Å². The van der Waals surface area contributed by atoms with Gasteiger partial charge in [0.05, 0.1) is 5.52 Å². The molecule has 7 nitrogen and oxygen atoms in total. The van der Waals surface area contributed by atoms with Gasteiger partial charge in [0.25, 0.3) is 0 Å². The molecule has 3 rings (SSSR count). The molecule has 130 valence electrons. The molecule has 1 atom stereocenters. The minimum absolute atomic E-state index is 0.199. The Morgan fingerprint density at radius 1 is 1.42 bits per heavy atom. The van der Waals surface area contributed by atoms with E-state index >= 15 is 0 Å². The number of carbonyl (C=O) groups excluding carboxylic acids is 1. The fourth-order valence-corrected chi connectivity index (χ4v) is 3.04. The van der Waals surface area contributed by atoms with Crippen LogP contribution in [0, 0.1) is 5.92 Å². The van der Waals surface area contributed by atoms with Gasteiger partial charge in [0, 0.05) is 25.7 Å². The minimum Gasteiger partial charge on any atom is -0.508 e. The van der Waals surface area contributed by atoms with Crippen LogP contribution >= 0.6 is 0 Å². The number of aromatic nitrogens is 3. The lowest BCUT2D eigenvalue weighted by atomic mass is 9.98. The number of fused-ring (bicyclic) bond motifs is 1. The number of carbonyl (C=O) groups is 1. The molecule has 1 fully saturated rings. The Hall–Kier alpha value is -2.31. The van der Waals surface area contributed by atoms with Crippen molar-refractivity contribution in [2.45, 2.75) is 45.8 Å². The zero-order valence-corrected chi connectivity index (χ0v) is 14.4. The highest BCUT2D eigenvalue weighted by Gasteiger charge is 2.28. The predicted octanol–water partition coefficient (Wildman–Crippen LogP) is 2.78. The molecule has 1 aliphatic rings. The van der Waals surface area contributed by atoms with E-state index in [4.69, 9.17) is 4.74 Å². The van der Waals surface area contributed by atoms with E-state index in [1.807, 2.05) is 20.8 Å². The molecule has 24 heavy (non-hydrogen) atoms.